The first kappa shape index (κ1) is 13.1. The monoisotopic (exact) mass is 250 g/mol. The second-order valence-electron chi connectivity index (χ2n) is 5.14. The Balaban J connectivity index is 1.88. The first-order valence-corrected chi connectivity index (χ1v) is 6.61. The lowest BCUT2D eigenvalue weighted by Crippen LogP contribution is -2.12. The minimum atomic E-state index is 0.289. The molecule has 2 heterocycles. The number of aromatic nitrogens is 2. The molecular weight excluding hydrogens is 228 g/mol. The van der Waals surface area contributed by atoms with Crippen molar-refractivity contribution in [2.45, 2.75) is 32.6 Å². The van der Waals surface area contributed by atoms with Crippen LogP contribution in [0.1, 0.15) is 38.4 Å². The van der Waals surface area contributed by atoms with E-state index in [0.717, 1.165) is 37.8 Å². The Kier molecular flexibility index (Phi) is 4.36. The molecule has 1 aromatic rings. The largest absolute Gasteiger partial charge is 0.384 e. The van der Waals surface area contributed by atoms with E-state index in [1.165, 1.54) is 6.42 Å². The van der Waals surface area contributed by atoms with Gasteiger partial charge in [-0.1, -0.05) is 13.8 Å². The number of nitrogens with one attached hydrogen (secondary N) is 1. The number of nitrogen functional groups attached to an aromatic ring is 1. The predicted octanol–water partition coefficient (Wildman–Crippen LogP) is 2.02. The van der Waals surface area contributed by atoms with E-state index in [0.29, 0.717) is 11.7 Å². The van der Waals surface area contributed by atoms with Gasteiger partial charge in [0.2, 0.25) is 0 Å². The van der Waals surface area contributed by atoms with E-state index in [4.69, 9.17) is 10.5 Å². The van der Waals surface area contributed by atoms with Gasteiger partial charge in [-0.05, 0) is 18.8 Å². The first-order chi connectivity index (χ1) is 8.65. The van der Waals surface area contributed by atoms with Gasteiger partial charge in [-0.3, -0.25) is 0 Å². The van der Waals surface area contributed by atoms with Gasteiger partial charge in [0.25, 0.3) is 0 Å². The lowest BCUT2D eigenvalue weighted by molar-refractivity contribution is 0.185. The summed E-state index contributed by atoms with van der Waals surface area (Å²) in [6.07, 6.45) is 2.28. The van der Waals surface area contributed by atoms with Crippen molar-refractivity contribution in [2.75, 3.05) is 30.8 Å². The lowest BCUT2D eigenvalue weighted by atomic mass is 10.1. The highest BCUT2D eigenvalue weighted by atomic mass is 16.5. The van der Waals surface area contributed by atoms with Gasteiger partial charge < -0.3 is 15.8 Å². The fourth-order valence-electron chi connectivity index (χ4n) is 2.05. The van der Waals surface area contributed by atoms with Crippen LogP contribution in [-0.4, -0.2) is 29.7 Å². The fourth-order valence-corrected chi connectivity index (χ4v) is 2.05. The van der Waals surface area contributed by atoms with Gasteiger partial charge in [0.05, 0.1) is 0 Å². The molecule has 5 nitrogen and oxygen atoms in total. The number of hydrogen-bond acceptors (Lipinski definition) is 5. The van der Waals surface area contributed by atoms with Crippen LogP contribution in [0.2, 0.25) is 0 Å². The smallest absolute Gasteiger partial charge is 0.135 e. The third kappa shape index (κ3) is 3.57. The Morgan fingerprint density at radius 3 is 3.00 bits per heavy atom. The molecule has 1 aromatic heterocycles. The highest BCUT2D eigenvalue weighted by Crippen LogP contribution is 2.18. The minimum absolute atomic E-state index is 0.289. The van der Waals surface area contributed by atoms with E-state index in [1.807, 2.05) is 0 Å². The van der Waals surface area contributed by atoms with Crippen molar-refractivity contribution in [1.29, 1.82) is 0 Å². The Hall–Kier alpha value is -1.36. The summed E-state index contributed by atoms with van der Waals surface area (Å²) < 4.78 is 5.36. The minimum Gasteiger partial charge on any atom is -0.384 e. The number of nitrogens with zero attached hydrogens (tertiary/aromatic N) is 2. The van der Waals surface area contributed by atoms with Crippen LogP contribution in [0.15, 0.2) is 6.07 Å². The van der Waals surface area contributed by atoms with E-state index >= 15 is 0 Å². The summed E-state index contributed by atoms with van der Waals surface area (Å²) in [6, 6.07) is 1.79. The normalized spacial score (nSPS) is 19.4. The third-order valence-electron chi connectivity index (χ3n) is 3.16. The second kappa shape index (κ2) is 6.00. The standard InChI is InChI=1S/C13H22N4O/c1-9(2)13-16-11(14)7-12(17-13)15-5-3-10-4-6-18-8-10/h7,9-10H,3-6,8H2,1-2H3,(H3,14,15,16,17). The highest BCUT2D eigenvalue weighted by molar-refractivity contribution is 5.44. The molecule has 0 aliphatic carbocycles. The summed E-state index contributed by atoms with van der Waals surface area (Å²) in [5, 5.41) is 3.32. The molecule has 1 aliphatic rings. The molecule has 0 spiro atoms. The van der Waals surface area contributed by atoms with Gasteiger partial charge in [-0.25, -0.2) is 9.97 Å². The molecular formula is C13H22N4O. The molecule has 0 amide bonds. The van der Waals surface area contributed by atoms with Gasteiger partial charge >= 0.3 is 0 Å². The molecule has 1 unspecified atom stereocenters. The zero-order valence-electron chi connectivity index (χ0n) is 11.1. The molecule has 0 saturated carbocycles. The first-order valence-electron chi connectivity index (χ1n) is 6.61. The Morgan fingerprint density at radius 1 is 1.50 bits per heavy atom. The van der Waals surface area contributed by atoms with E-state index < -0.39 is 0 Å². The zero-order valence-corrected chi connectivity index (χ0v) is 11.1. The second-order valence-corrected chi connectivity index (χ2v) is 5.14. The van der Waals surface area contributed by atoms with E-state index in [2.05, 4.69) is 29.1 Å². The number of nitrogens with two attached hydrogens (primary N) is 1. The van der Waals surface area contributed by atoms with Crippen molar-refractivity contribution >= 4 is 11.6 Å². The number of ether oxygens (including phenoxy) is 1. The summed E-state index contributed by atoms with van der Waals surface area (Å²) >= 11 is 0. The van der Waals surface area contributed by atoms with Gasteiger partial charge in [0.15, 0.2) is 0 Å². The van der Waals surface area contributed by atoms with Crippen molar-refractivity contribution in [1.82, 2.24) is 9.97 Å². The molecule has 0 aromatic carbocycles. The maximum Gasteiger partial charge on any atom is 0.135 e. The summed E-state index contributed by atoms with van der Waals surface area (Å²) in [7, 11) is 0. The zero-order chi connectivity index (χ0) is 13.0. The molecule has 0 bridgehead atoms. The summed E-state index contributed by atoms with van der Waals surface area (Å²) in [4.78, 5) is 8.69. The Morgan fingerprint density at radius 2 is 2.33 bits per heavy atom. The Bertz CT molecular complexity index is 389. The van der Waals surface area contributed by atoms with E-state index in [1.54, 1.807) is 6.07 Å². The molecule has 1 saturated heterocycles. The van der Waals surface area contributed by atoms with Gasteiger partial charge in [-0.2, -0.15) is 0 Å². The number of anilines is 2. The SMILES string of the molecule is CC(C)c1nc(N)cc(NCCC2CCOC2)n1. The molecule has 5 heteroatoms. The van der Waals surface area contributed by atoms with Crippen LogP contribution in [-0.2, 0) is 4.74 Å². The fraction of sp³-hybridized carbons (Fsp3) is 0.692. The van der Waals surface area contributed by atoms with Crippen molar-refractivity contribution < 1.29 is 4.74 Å². The maximum atomic E-state index is 5.78. The summed E-state index contributed by atoms with van der Waals surface area (Å²) in [6.45, 7) is 6.83. The third-order valence-corrected chi connectivity index (χ3v) is 3.16. The predicted molar refractivity (Wildman–Crippen MR) is 72.6 cm³/mol. The maximum absolute atomic E-state index is 5.78. The lowest BCUT2D eigenvalue weighted by Gasteiger charge is -2.11. The highest BCUT2D eigenvalue weighted by Gasteiger charge is 2.15. The molecule has 3 N–H and O–H groups in total. The molecule has 1 aliphatic heterocycles. The topological polar surface area (TPSA) is 73.1 Å². The summed E-state index contributed by atoms with van der Waals surface area (Å²) in [5.41, 5.74) is 5.78. The van der Waals surface area contributed by atoms with Crippen LogP contribution in [0.5, 0.6) is 0 Å². The van der Waals surface area contributed by atoms with Crippen molar-refractivity contribution in [3.63, 3.8) is 0 Å². The van der Waals surface area contributed by atoms with Crippen LogP contribution in [0.25, 0.3) is 0 Å². The van der Waals surface area contributed by atoms with Crippen LogP contribution in [0.4, 0.5) is 11.6 Å². The average molecular weight is 250 g/mol. The van der Waals surface area contributed by atoms with Crippen molar-refractivity contribution in [3.8, 4) is 0 Å². The Labute approximate surface area is 108 Å². The van der Waals surface area contributed by atoms with E-state index in [9.17, 15) is 0 Å². The van der Waals surface area contributed by atoms with Crippen LogP contribution < -0.4 is 11.1 Å². The van der Waals surface area contributed by atoms with Crippen molar-refractivity contribution in [3.05, 3.63) is 11.9 Å². The van der Waals surface area contributed by atoms with Crippen molar-refractivity contribution in [2.24, 2.45) is 5.92 Å². The molecule has 0 radical (unpaired) electrons. The molecule has 18 heavy (non-hydrogen) atoms. The van der Waals surface area contributed by atoms with Crippen LogP contribution in [0.3, 0.4) is 0 Å². The molecule has 1 fully saturated rings. The van der Waals surface area contributed by atoms with Gasteiger partial charge in [-0.15, -0.1) is 0 Å². The quantitative estimate of drug-likeness (QED) is 0.836. The molecule has 2 rings (SSSR count). The molecule has 1 atom stereocenters. The summed E-state index contributed by atoms with van der Waals surface area (Å²) in [5.74, 6) is 3.12. The van der Waals surface area contributed by atoms with E-state index in [-0.39, 0.29) is 5.92 Å². The van der Waals surface area contributed by atoms with Crippen LogP contribution >= 0.6 is 0 Å². The van der Waals surface area contributed by atoms with Gasteiger partial charge in [0, 0.05) is 31.7 Å². The molecule has 100 valence electrons. The number of hydrogen-bond donors (Lipinski definition) is 2. The number of rotatable bonds is 5. The van der Waals surface area contributed by atoms with Gasteiger partial charge in [0.1, 0.15) is 17.5 Å². The van der Waals surface area contributed by atoms with Crippen LogP contribution in [0, 0.1) is 5.92 Å². The average Bonchev–Trinajstić information content (AvgIpc) is 2.81.